The lowest BCUT2D eigenvalue weighted by Crippen LogP contribution is -2.07. The minimum Gasteiger partial charge on any atom is -0.456 e. The SMILES string of the molecule is c1ccc(-c2cccc(-c3cccc(-n4c5ccccc5c5ccc6c7ccccc7n(-c7nc(-c8ccccc8)nc(-c8cccc9oc%10ccccc%10c89)n7)c6c54)c3)c2)cc1. The van der Waals surface area contributed by atoms with Gasteiger partial charge in [0, 0.05) is 49.1 Å². The summed E-state index contributed by atoms with van der Waals surface area (Å²) >= 11 is 0. The molecule has 13 aromatic rings. The van der Waals surface area contributed by atoms with E-state index in [1.165, 1.54) is 16.5 Å². The maximum absolute atomic E-state index is 6.36. The largest absolute Gasteiger partial charge is 0.456 e. The quantitative estimate of drug-likeness (QED) is 0.168. The van der Waals surface area contributed by atoms with Crippen molar-refractivity contribution in [2.75, 3.05) is 0 Å². The summed E-state index contributed by atoms with van der Waals surface area (Å²) in [5.41, 5.74) is 13.3. The molecule has 6 heteroatoms. The number of benzene rings is 9. The van der Waals surface area contributed by atoms with Crippen LogP contribution in [0.1, 0.15) is 0 Å². The number of furan rings is 1. The monoisotopic (exact) mass is 805 g/mol. The third kappa shape index (κ3) is 5.55. The lowest BCUT2D eigenvalue weighted by Gasteiger charge is -2.14. The van der Waals surface area contributed by atoms with E-state index in [1.54, 1.807) is 0 Å². The van der Waals surface area contributed by atoms with Gasteiger partial charge in [0.25, 0.3) is 0 Å². The topological polar surface area (TPSA) is 61.7 Å². The first-order valence-electron chi connectivity index (χ1n) is 21.2. The molecule has 0 saturated heterocycles. The number of rotatable bonds is 6. The predicted octanol–water partition coefficient (Wildman–Crippen LogP) is 14.6. The molecule has 63 heavy (non-hydrogen) atoms. The first-order chi connectivity index (χ1) is 31.2. The molecule has 0 aliphatic rings. The average Bonchev–Trinajstić information content (AvgIpc) is 4.02. The van der Waals surface area contributed by atoms with Crippen LogP contribution in [0.4, 0.5) is 0 Å². The Labute approximate surface area is 361 Å². The van der Waals surface area contributed by atoms with Crippen LogP contribution in [0.3, 0.4) is 0 Å². The van der Waals surface area contributed by atoms with Crippen LogP contribution in [0.15, 0.2) is 217 Å². The highest BCUT2D eigenvalue weighted by molar-refractivity contribution is 6.23. The Morgan fingerprint density at radius 1 is 0.333 bits per heavy atom. The van der Waals surface area contributed by atoms with E-state index in [9.17, 15) is 0 Å². The van der Waals surface area contributed by atoms with E-state index in [1.807, 2.05) is 48.5 Å². The van der Waals surface area contributed by atoms with E-state index in [4.69, 9.17) is 19.4 Å². The number of aromatic nitrogens is 5. The van der Waals surface area contributed by atoms with Gasteiger partial charge >= 0.3 is 0 Å². The fraction of sp³-hybridized carbons (Fsp3) is 0. The molecule has 0 aliphatic heterocycles. The summed E-state index contributed by atoms with van der Waals surface area (Å²) in [5, 5.41) is 6.53. The highest BCUT2D eigenvalue weighted by Gasteiger charge is 2.24. The molecule has 0 radical (unpaired) electrons. The molecule has 4 heterocycles. The number of hydrogen-bond donors (Lipinski definition) is 0. The molecule has 0 atom stereocenters. The third-order valence-electron chi connectivity index (χ3n) is 12.4. The van der Waals surface area contributed by atoms with Gasteiger partial charge in [-0.25, -0.2) is 4.98 Å². The Kier molecular flexibility index (Phi) is 7.80. The average molecular weight is 806 g/mol. The van der Waals surface area contributed by atoms with Gasteiger partial charge in [0.15, 0.2) is 11.6 Å². The highest BCUT2D eigenvalue weighted by atomic mass is 16.3. The molecule has 0 unspecified atom stereocenters. The van der Waals surface area contributed by atoms with Gasteiger partial charge in [-0.2, -0.15) is 9.97 Å². The molecule has 0 saturated carbocycles. The van der Waals surface area contributed by atoms with Gasteiger partial charge in [-0.05, 0) is 64.7 Å². The normalized spacial score (nSPS) is 11.8. The second-order valence-corrected chi connectivity index (χ2v) is 16.0. The number of hydrogen-bond acceptors (Lipinski definition) is 4. The predicted molar refractivity (Wildman–Crippen MR) is 258 cm³/mol. The Balaban J connectivity index is 1.11. The van der Waals surface area contributed by atoms with Crippen LogP contribution in [-0.4, -0.2) is 24.1 Å². The number of para-hydroxylation sites is 3. The van der Waals surface area contributed by atoms with Gasteiger partial charge in [0.2, 0.25) is 5.95 Å². The summed E-state index contributed by atoms with van der Waals surface area (Å²) in [7, 11) is 0. The summed E-state index contributed by atoms with van der Waals surface area (Å²) in [5.74, 6) is 1.69. The van der Waals surface area contributed by atoms with Crippen LogP contribution >= 0.6 is 0 Å². The van der Waals surface area contributed by atoms with Crippen LogP contribution in [0.5, 0.6) is 0 Å². The molecule has 0 amide bonds. The maximum atomic E-state index is 6.36. The van der Waals surface area contributed by atoms with E-state index in [0.717, 1.165) is 88.1 Å². The summed E-state index contributed by atoms with van der Waals surface area (Å²) in [6, 6.07) is 74.5. The lowest BCUT2D eigenvalue weighted by molar-refractivity contribution is 0.669. The van der Waals surface area contributed by atoms with Crippen molar-refractivity contribution in [1.29, 1.82) is 0 Å². The first kappa shape index (κ1) is 35.2. The van der Waals surface area contributed by atoms with Crippen molar-refractivity contribution >= 4 is 65.6 Å². The van der Waals surface area contributed by atoms with Crippen LogP contribution in [-0.2, 0) is 0 Å². The fourth-order valence-electron chi connectivity index (χ4n) is 9.57. The maximum Gasteiger partial charge on any atom is 0.238 e. The molecule has 0 spiro atoms. The van der Waals surface area contributed by atoms with Crippen molar-refractivity contribution in [3.8, 4) is 56.7 Å². The fourth-order valence-corrected chi connectivity index (χ4v) is 9.57. The highest BCUT2D eigenvalue weighted by Crippen LogP contribution is 2.43. The molecule has 0 bridgehead atoms. The Morgan fingerprint density at radius 3 is 1.60 bits per heavy atom. The van der Waals surface area contributed by atoms with E-state index < -0.39 is 0 Å². The molecule has 0 N–H and O–H groups in total. The van der Waals surface area contributed by atoms with Crippen molar-refractivity contribution in [3.05, 3.63) is 212 Å². The van der Waals surface area contributed by atoms with Crippen LogP contribution in [0.2, 0.25) is 0 Å². The second kappa shape index (κ2) is 14.0. The Bertz CT molecular complexity index is 3920. The molecule has 4 aromatic heterocycles. The zero-order chi connectivity index (χ0) is 41.4. The van der Waals surface area contributed by atoms with Crippen LogP contribution in [0, 0.1) is 0 Å². The summed E-state index contributed by atoms with van der Waals surface area (Å²) in [6.07, 6.45) is 0. The number of nitrogens with zero attached hydrogens (tertiary/aromatic N) is 5. The smallest absolute Gasteiger partial charge is 0.238 e. The van der Waals surface area contributed by atoms with Crippen molar-refractivity contribution in [2.45, 2.75) is 0 Å². The molecule has 13 rings (SSSR count). The van der Waals surface area contributed by atoms with Crippen LogP contribution < -0.4 is 0 Å². The summed E-state index contributed by atoms with van der Waals surface area (Å²) in [4.78, 5) is 16.0. The Hall–Kier alpha value is -8.61. The summed E-state index contributed by atoms with van der Waals surface area (Å²) < 4.78 is 11.0. The zero-order valence-electron chi connectivity index (χ0n) is 33.9. The molecule has 6 nitrogen and oxygen atoms in total. The van der Waals surface area contributed by atoms with Gasteiger partial charge in [-0.1, -0.05) is 170 Å². The molecular formula is C57H35N5O. The second-order valence-electron chi connectivity index (χ2n) is 16.0. The molecule has 294 valence electrons. The molecular weight excluding hydrogens is 771 g/mol. The molecule has 0 aliphatic carbocycles. The van der Waals surface area contributed by atoms with Gasteiger partial charge in [0.05, 0.1) is 22.1 Å². The standard InChI is InChI=1S/C57H35N5O/c1-3-16-36(17-4-1)38-20-13-21-39(34-38)40-22-14-23-41(35-40)61-48-28-10-7-24-42(48)44-32-33-45-43-25-8-11-29-49(43)62(54(45)53(44)61)57-59-55(37-18-5-2-6-19-37)58-56(60-57)47-27-15-31-51-52(47)46-26-9-12-30-50(46)63-51/h1-35H. The van der Waals surface area contributed by atoms with Crippen molar-refractivity contribution in [3.63, 3.8) is 0 Å². The van der Waals surface area contributed by atoms with E-state index in [2.05, 4.69) is 173 Å². The first-order valence-corrected chi connectivity index (χ1v) is 21.2. The van der Waals surface area contributed by atoms with Gasteiger partial charge < -0.3 is 8.98 Å². The lowest BCUT2D eigenvalue weighted by atomic mass is 9.99. The van der Waals surface area contributed by atoms with E-state index in [0.29, 0.717) is 17.6 Å². The van der Waals surface area contributed by atoms with Crippen molar-refractivity contribution in [1.82, 2.24) is 24.1 Å². The van der Waals surface area contributed by atoms with Crippen molar-refractivity contribution < 1.29 is 4.42 Å². The van der Waals surface area contributed by atoms with Gasteiger partial charge in [-0.3, -0.25) is 4.57 Å². The van der Waals surface area contributed by atoms with Crippen LogP contribution in [0.25, 0.3) is 122 Å². The van der Waals surface area contributed by atoms with Gasteiger partial charge in [-0.15, -0.1) is 0 Å². The third-order valence-corrected chi connectivity index (χ3v) is 12.4. The minimum atomic E-state index is 0.533. The van der Waals surface area contributed by atoms with E-state index in [-0.39, 0.29) is 0 Å². The summed E-state index contributed by atoms with van der Waals surface area (Å²) in [6.45, 7) is 0. The Morgan fingerprint density at radius 2 is 0.857 bits per heavy atom. The molecule has 0 fully saturated rings. The molecule has 9 aromatic carbocycles. The number of fused-ring (bicyclic) bond motifs is 10. The minimum absolute atomic E-state index is 0.533. The van der Waals surface area contributed by atoms with E-state index >= 15 is 0 Å². The van der Waals surface area contributed by atoms with Crippen molar-refractivity contribution in [2.24, 2.45) is 0 Å². The zero-order valence-corrected chi connectivity index (χ0v) is 33.9. The van der Waals surface area contributed by atoms with Gasteiger partial charge in [0.1, 0.15) is 11.2 Å².